The van der Waals surface area contributed by atoms with E-state index in [1.165, 1.54) is 18.9 Å². The average molecular weight is 439 g/mol. The maximum atomic E-state index is 13.1. The van der Waals surface area contributed by atoms with Crippen LogP contribution in [0.5, 0.6) is 17.2 Å². The average Bonchev–Trinajstić information content (AvgIpc) is 3.17. The number of para-hydroxylation sites is 2. The van der Waals surface area contributed by atoms with Crippen molar-refractivity contribution in [2.24, 2.45) is 0 Å². The molecule has 0 saturated heterocycles. The van der Waals surface area contributed by atoms with Crippen LogP contribution in [-0.4, -0.2) is 45.9 Å². The van der Waals surface area contributed by atoms with Crippen molar-refractivity contribution in [1.82, 2.24) is 24.5 Å². The number of nitrogens with zero attached hydrogens (tertiary/aromatic N) is 4. The number of hydrogen-bond donors (Lipinski definition) is 1. The third-order valence-electron chi connectivity index (χ3n) is 4.98. The van der Waals surface area contributed by atoms with Gasteiger partial charge in [-0.3, -0.25) is 14.5 Å². The fraction of sp³-hybridized carbons (Fsp3) is 0.238. The van der Waals surface area contributed by atoms with Gasteiger partial charge in [0.1, 0.15) is 11.6 Å². The summed E-state index contributed by atoms with van der Waals surface area (Å²) >= 11 is 5.42. The molecule has 0 aliphatic rings. The van der Waals surface area contributed by atoms with Crippen LogP contribution in [0.3, 0.4) is 0 Å². The predicted molar refractivity (Wildman–Crippen MR) is 118 cm³/mol. The molecule has 4 rings (SSSR count). The highest BCUT2D eigenvalue weighted by atomic mass is 32.1. The lowest BCUT2D eigenvalue weighted by atomic mass is 10.1. The number of methoxy groups -OCH3 is 3. The first-order chi connectivity index (χ1) is 15.1. The van der Waals surface area contributed by atoms with E-state index in [1.54, 1.807) is 30.0 Å². The SMILES string of the molecule is COc1ccccc1-n1c(CCn2ncc3ccc(OC)c(OC)c3c2=O)n[nH]c1=S. The third-order valence-corrected chi connectivity index (χ3v) is 5.25. The number of hydrogen-bond acceptors (Lipinski definition) is 7. The van der Waals surface area contributed by atoms with Gasteiger partial charge >= 0.3 is 0 Å². The van der Waals surface area contributed by atoms with Crippen LogP contribution < -0.4 is 19.8 Å². The van der Waals surface area contributed by atoms with E-state index in [2.05, 4.69) is 15.3 Å². The van der Waals surface area contributed by atoms with E-state index in [9.17, 15) is 4.79 Å². The van der Waals surface area contributed by atoms with Gasteiger partial charge in [-0.05, 0) is 36.5 Å². The Morgan fingerprint density at radius 3 is 2.55 bits per heavy atom. The van der Waals surface area contributed by atoms with Gasteiger partial charge in [0.2, 0.25) is 0 Å². The Hall–Kier alpha value is -3.66. The fourth-order valence-corrected chi connectivity index (χ4v) is 3.76. The Morgan fingerprint density at radius 1 is 1.03 bits per heavy atom. The summed E-state index contributed by atoms with van der Waals surface area (Å²) in [5.41, 5.74) is 0.496. The second-order valence-corrected chi connectivity index (χ2v) is 7.03. The molecule has 0 bridgehead atoms. The highest BCUT2D eigenvalue weighted by Gasteiger charge is 2.16. The molecular formula is C21H21N5O4S. The van der Waals surface area contributed by atoms with Gasteiger partial charge in [0.15, 0.2) is 16.3 Å². The highest BCUT2D eigenvalue weighted by Crippen LogP contribution is 2.32. The summed E-state index contributed by atoms with van der Waals surface area (Å²) < 4.78 is 19.8. The lowest BCUT2D eigenvalue weighted by molar-refractivity contribution is 0.358. The molecule has 31 heavy (non-hydrogen) atoms. The Kier molecular flexibility index (Phi) is 5.72. The van der Waals surface area contributed by atoms with Crippen LogP contribution in [-0.2, 0) is 13.0 Å². The van der Waals surface area contributed by atoms with Gasteiger partial charge in [0.05, 0.1) is 45.1 Å². The van der Waals surface area contributed by atoms with Gasteiger partial charge in [-0.2, -0.15) is 10.2 Å². The summed E-state index contributed by atoms with van der Waals surface area (Å²) in [5.74, 6) is 2.19. The van der Waals surface area contributed by atoms with E-state index in [-0.39, 0.29) is 5.56 Å². The molecule has 0 saturated carbocycles. The summed E-state index contributed by atoms with van der Waals surface area (Å²) in [6.45, 7) is 0.296. The molecule has 0 radical (unpaired) electrons. The molecule has 160 valence electrons. The second-order valence-electron chi connectivity index (χ2n) is 6.64. The number of rotatable bonds is 7. The van der Waals surface area contributed by atoms with E-state index in [1.807, 2.05) is 24.3 Å². The first kappa shape index (κ1) is 20.6. The zero-order chi connectivity index (χ0) is 22.0. The van der Waals surface area contributed by atoms with E-state index in [0.717, 1.165) is 5.69 Å². The molecule has 2 aromatic carbocycles. The largest absolute Gasteiger partial charge is 0.495 e. The molecule has 9 nitrogen and oxygen atoms in total. The minimum Gasteiger partial charge on any atom is -0.495 e. The molecular weight excluding hydrogens is 418 g/mol. The quantitative estimate of drug-likeness (QED) is 0.442. The molecule has 0 aliphatic heterocycles. The first-order valence-electron chi connectivity index (χ1n) is 9.49. The van der Waals surface area contributed by atoms with Gasteiger partial charge in [0.25, 0.3) is 5.56 Å². The van der Waals surface area contributed by atoms with Crippen LogP contribution in [0.4, 0.5) is 0 Å². The van der Waals surface area contributed by atoms with Crippen molar-refractivity contribution in [3.8, 4) is 22.9 Å². The maximum Gasteiger partial charge on any atom is 0.278 e. The van der Waals surface area contributed by atoms with E-state index >= 15 is 0 Å². The minimum absolute atomic E-state index is 0.272. The maximum absolute atomic E-state index is 13.1. The van der Waals surface area contributed by atoms with Crippen molar-refractivity contribution in [1.29, 1.82) is 0 Å². The van der Waals surface area contributed by atoms with Crippen LogP contribution in [0, 0.1) is 4.77 Å². The number of H-pyrrole nitrogens is 1. The van der Waals surface area contributed by atoms with Crippen LogP contribution in [0.25, 0.3) is 16.5 Å². The molecule has 0 aliphatic carbocycles. The van der Waals surface area contributed by atoms with Gasteiger partial charge in [-0.25, -0.2) is 4.68 Å². The van der Waals surface area contributed by atoms with Crippen molar-refractivity contribution in [3.63, 3.8) is 0 Å². The van der Waals surface area contributed by atoms with Gasteiger partial charge in [-0.15, -0.1) is 0 Å². The summed E-state index contributed by atoms with van der Waals surface area (Å²) in [5, 5.41) is 12.6. The molecule has 1 N–H and O–H groups in total. The number of aryl methyl sites for hydroxylation is 2. The standard InChI is InChI=1S/C21H21N5O4S/c1-28-15-7-5-4-6-14(15)26-17(23-24-21(26)31)10-11-25-20(27)18-13(12-22-25)8-9-16(29-2)19(18)30-3/h4-9,12H,10-11H2,1-3H3,(H,24,31). The number of aromatic amines is 1. The second kappa shape index (κ2) is 8.60. The van der Waals surface area contributed by atoms with Crippen LogP contribution in [0.1, 0.15) is 5.82 Å². The monoisotopic (exact) mass is 439 g/mol. The molecule has 0 spiro atoms. The number of nitrogens with one attached hydrogen (secondary N) is 1. The molecule has 2 aromatic heterocycles. The first-order valence-corrected chi connectivity index (χ1v) is 9.90. The zero-order valence-electron chi connectivity index (χ0n) is 17.3. The Labute approximate surface area is 182 Å². The van der Waals surface area contributed by atoms with Gasteiger partial charge in [-0.1, -0.05) is 12.1 Å². The van der Waals surface area contributed by atoms with Crippen molar-refractivity contribution in [2.45, 2.75) is 13.0 Å². The minimum atomic E-state index is -0.272. The van der Waals surface area contributed by atoms with Crippen LogP contribution in [0.2, 0.25) is 0 Å². The van der Waals surface area contributed by atoms with Crippen molar-refractivity contribution in [2.75, 3.05) is 21.3 Å². The number of fused-ring (bicyclic) bond motifs is 1. The molecule has 10 heteroatoms. The van der Waals surface area contributed by atoms with Crippen LogP contribution >= 0.6 is 12.2 Å². The molecule has 0 unspecified atom stereocenters. The molecule has 2 heterocycles. The lowest BCUT2D eigenvalue weighted by Crippen LogP contribution is -2.24. The predicted octanol–water partition coefficient (Wildman–Crippen LogP) is 2.91. The number of ether oxygens (including phenoxy) is 3. The van der Waals surface area contributed by atoms with Gasteiger partial charge in [0, 0.05) is 11.8 Å². The summed E-state index contributed by atoms with van der Waals surface area (Å²) in [6, 6.07) is 11.0. The number of aromatic nitrogens is 5. The molecule has 0 fully saturated rings. The summed E-state index contributed by atoms with van der Waals surface area (Å²) in [7, 11) is 4.64. The Balaban J connectivity index is 1.72. The van der Waals surface area contributed by atoms with Gasteiger partial charge < -0.3 is 14.2 Å². The van der Waals surface area contributed by atoms with Crippen molar-refractivity contribution < 1.29 is 14.2 Å². The lowest BCUT2D eigenvalue weighted by Gasteiger charge is -2.13. The van der Waals surface area contributed by atoms with E-state index < -0.39 is 0 Å². The zero-order valence-corrected chi connectivity index (χ0v) is 18.1. The summed E-state index contributed by atoms with van der Waals surface area (Å²) in [4.78, 5) is 13.1. The van der Waals surface area contributed by atoms with Crippen LogP contribution in [0.15, 0.2) is 47.4 Å². The normalized spacial score (nSPS) is 10.9. The Bertz CT molecular complexity index is 1360. The molecule has 0 atom stereocenters. The van der Waals surface area contributed by atoms with Crippen molar-refractivity contribution >= 4 is 23.0 Å². The topological polar surface area (TPSA) is 96.2 Å². The highest BCUT2D eigenvalue weighted by molar-refractivity contribution is 7.71. The third kappa shape index (κ3) is 3.66. The molecule has 0 amide bonds. The smallest absolute Gasteiger partial charge is 0.278 e. The fourth-order valence-electron chi connectivity index (χ4n) is 3.51. The number of benzene rings is 2. The Morgan fingerprint density at radius 2 is 1.81 bits per heavy atom. The molecule has 4 aromatic rings. The van der Waals surface area contributed by atoms with Crippen molar-refractivity contribution in [3.05, 3.63) is 63.5 Å². The van der Waals surface area contributed by atoms with E-state index in [4.69, 9.17) is 26.4 Å². The van der Waals surface area contributed by atoms with E-state index in [0.29, 0.717) is 51.6 Å². The summed E-state index contributed by atoms with van der Waals surface area (Å²) in [6.07, 6.45) is 2.05.